The van der Waals surface area contributed by atoms with Crippen molar-refractivity contribution in [2.75, 3.05) is 6.61 Å². The van der Waals surface area contributed by atoms with Gasteiger partial charge in [0.1, 0.15) is 12.4 Å². The van der Waals surface area contributed by atoms with E-state index < -0.39 is 0 Å². The summed E-state index contributed by atoms with van der Waals surface area (Å²) in [4.78, 5) is 0. The zero-order chi connectivity index (χ0) is 17.9. The van der Waals surface area contributed by atoms with E-state index in [1.54, 1.807) is 0 Å². The van der Waals surface area contributed by atoms with Crippen LogP contribution in [0, 0.1) is 5.92 Å². The molecule has 2 nitrogen and oxygen atoms in total. The Morgan fingerprint density at radius 2 is 1.84 bits per heavy atom. The fourth-order valence-electron chi connectivity index (χ4n) is 3.25. The van der Waals surface area contributed by atoms with E-state index >= 15 is 0 Å². The molecule has 1 fully saturated rings. The van der Waals surface area contributed by atoms with E-state index in [4.69, 9.17) is 8.92 Å². The summed E-state index contributed by atoms with van der Waals surface area (Å²) in [7, 11) is 1.44. The van der Waals surface area contributed by atoms with Crippen molar-refractivity contribution < 1.29 is 8.92 Å². The highest BCUT2D eigenvalue weighted by Crippen LogP contribution is 2.39. The Labute approximate surface area is 168 Å². The summed E-state index contributed by atoms with van der Waals surface area (Å²) in [6.07, 6.45) is 3.73. The SMILES string of the molecule is CC.ISOCC1CCC(c2cccc(OCc3ccccc3)c2)C1. The van der Waals surface area contributed by atoms with Crippen molar-refractivity contribution in [3.05, 3.63) is 65.7 Å². The van der Waals surface area contributed by atoms with Crippen LogP contribution in [0.15, 0.2) is 54.6 Å². The molecular weight excluding hydrogens is 443 g/mol. The van der Waals surface area contributed by atoms with Crippen LogP contribution in [0.25, 0.3) is 0 Å². The maximum atomic E-state index is 5.96. The van der Waals surface area contributed by atoms with E-state index in [9.17, 15) is 0 Å². The topological polar surface area (TPSA) is 18.5 Å². The molecule has 1 aliphatic rings. The third kappa shape index (κ3) is 6.83. The van der Waals surface area contributed by atoms with E-state index in [-0.39, 0.29) is 0 Å². The summed E-state index contributed by atoms with van der Waals surface area (Å²) < 4.78 is 11.4. The number of rotatable bonds is 7. The molecule has 25 heavy (non-hydrogen) atoms. The van der Waals surface area contributed by atoms with Crippen molar-refractivity contribution in [2.24, 2.45) is 5.92 Å². The number of halogens is 1. The van der Waals surface area contributed by atoms with Crippen LogP contribution in [0.1, 0.15) is 50.2 Å². The molecule has 0 heterocycles. The molecule has 0 aromatic heterocycles. The van der Waals surface area contributed by atoms with Gasteiger partial charge in [-0.1, -0.05) is 56.3 Å². The van der Waals surface area contributed by atoms with Gasteiger partial charge in [-0.2, -0.15) is 0 Å². The Kier molecular flexibility index (Phi) is 9.73. The molecule has 136 valence electrons. The average Bonchev–Trinajstić information content (AvgIpc) is 3.16. The quantitative estimate of drug-likeness (QED) is 0.315. The van der Waals surface area contributed by atoms with E-state index in [1.807, 2.05) is 32.0 Å². The molecule has 0 amide bonds. The predicted octanol–water partition coefficient (Wildman–Crippen LogP) is 7.19. The minimum Gasteiger partial charge on any atom is -0.489 e. The normalized spacial score (nSPS) is 19.2. The van der Waals surface area contributed by atoms with Crippen LogP contribution in [-0.4, -0.2) is 6.61 Å². The van der Waals surface area contributed by atoms with Gasteiger partial charge in [0.05, 0.1) is 15.8 Å². The third-order valence-electron chi connectivity index (χ3n) is 4.47. The molecule has 0 aliphatic heterocycles. The van der Waals surface area contributed by atoms with Gasteiger partial charge in [0.25, 0.3) is 0 Å². The van der Waals surface area contributed by atoms with Gasteiger partial charge in [-0.3, -0.25) is 0 Å². The first kappa shape index (κ1) is 20.6. The van der Waals surface area contributed by atoms with Crippen LogP contribution in [0.5, 0.6) is 5.75 Å². The van der Waals surface area contributed by atoms with E-state index in [1.165, 1.54) is 39.6 Å². The van der Waals surface area contributed by atoms with Gasteiger partial charge in [-0.15, -0.1) is 0 Å². The maximum absolute atomic E-state index is 5.96. The molecule has 2 unspecified atom stereocenters. The Morgan fingerprint density at radius 3 is 2.60 bits per heavy atom. The van der Waals surface area contributed by atoms with E-state index in [0.717, 1.165) is 12.4 Å². The lowest BCUT2D eigenvalue weighted by atomic mass is 9.96. The molecule has 4 heteroatoms. The summed E-state index contributed by atoms with van der Waals surface area (Å²) >= 11 is 2.19. The minimum atomic E-state index is 0.623. The average molecular weight is 470 g/mol. The summed E-state index contributed by atoms with van der Waals surface area (Å²) in [5.41, 5.74) is 2.60. The van der Waals surface area contributed by atoms with Crippen molar-refractivity contribution in [3.8, 4) is 5.75 Å². The molecule has 2 aromatic rings. The van der Waals surface area contributed by atoms with Crippen LogP contribution >= 0.6 is 30.4 Å². The predicted molar refractivity (Wildman–Crippen MR) is 116 cm³/mol. The fraction of sp³-hybridized carbons (Fsp3) is 0.429. The molecule has 3 rings (SSSR count). The first-order chi connectivity index (χ1) is 12.3. The minimum absolute atomic E-state index is 0.623. The van der Waals surface area contributed by atoms with Crippen LogP contribution in [0.4, 0.5) is 0 Å². The van der Waals surface area contributed by atoms with Crippen molar-refractivity contribution in [1.29, 1.82) is 0 Å². The zero-order valence-electron chi connectivity index (χ0n) is 15.0. The number of hydrogen-bond donors (Lipinski definition) is 0. The van der Waals surface area contributed by atoms with Crippen molar-refractivity contribution in [1.82, 2.24) is 0 Å². The smallest absolute Gasteiger partial charge is 0.120 e. The highest BCUT2D eigenvalue weighted by Gasteiger charge is 2.26. The molecule has 0 bridgehead atoms. The second kappa shape index (κ2) is 11.8. The van der Waals surface area contributed by atoms with E-state index in [2.05, 4.69) is 57.6 Å². The van der Waals surface area contributed by atoms with Gasteiger partial charge in [0.2, 0.25) is 0 Å². The highest BCUT2D eigenvalue weighted by atomic mass is 127. The highest BCUT2D eigenvalue weighted by molar-refractivity contribution is 14.2. The molecule has 2 aromatic carbocycles. The van der Waals surface area contributed by atoms with Crippen LogP contribution in [-0.2, 0) is 10.8 Å². The molecule has 2 atom stereocenters. The Morgan fingerprint density at radius 1 is 1.04 bits per heavy atom. The van der Waals surface area contributed by atoms with Gasteiger partial charge >= 0.3 is 0 Å². The maximum Gasteiger partial charge on any atom is 0.120 e. The van der Waals surface area contributed by atoms with Crippen LogP contribution in [0.2, 0.25) is 0 Å². The van der Waals surface area contributed by atoms with E-state index in [0.29, 0.717) is 18.4 Å². The summed E-state index contributed by atoms with van der Waals surface area (Å²) in [5, 5.41) is 0. The van der Waals surface area contributed by atoms with Crippen molar-refractivity contribution >= 4 is 30.4 Å². The molecular formula is C21H27IO2S. The molecule has 0 saturated heterocycles. The number of ether oxygens (including phenoxy) is 1. The standard InChI is InChI=1S/C19H21IO2S.C2H6/c20-23-22-14-16-9-10-18(11-16)17-7-4-8-19(12-17)21-13-15-5-2-1-3-6-15;1-2/h1-8,12,16,18H,9-11,13-14H2;1-2H3. The monoisotopic (exact) mass is 470 g/mol. The van der Waals surface area contributed by atoms with Crippen LogP contribution in [0.3, 0.4) is 0 Å². The first-order valence-electron chi connectivity index (χ1n) is 9.02. The van der Waals surface area contributed by atoms with Crippen molar-refractivity contribution in [2.45, 2.75) is 45.6 Å². The Bertz CT molecular complexity index is 606. The summed E-state index contributed by atoms with van der Waals surface area (Å²) in [5.74, 6) is 2.30. The lowest BCUT2D eigenvalue weighted by molar-refractivity contribution is 0.294. The molecule has 1 aliphatic carbocycles. The van der Waals surface area contributed by atoms with Crippen molar-refractivity contribution in [3.63, 3.8) is 0 Å². The van der Waals surface area contributed by atoms with Gasteiger partial charge in [0.15, 0.2) is 0 Å². The van der Waals surface area contributed by atoms with Gasteiger partial charge < -0.3 is 8.92 Å². The lowest BCUT2D eigenvalue weighted by Gasteiger charge is -2.13. The largest absolute Gasteiger partial charge is 0.489 e. The second-order valence-electron chi connectivity index (χ2n) is 6.07. The number of hydrogen-bond acceptors (Lipinski definition) is 3. The molecule has 1 saturated carbocycles. The van der Waals surface area contributed by atoms with Gasteiger partial charge in [0, 0.05) is 21.2 Å². The van der Waals surface area contributed by atoms with Gasteiger partial charge in [-0.05, 0) is 54.4 Å². The summed E-state index contributed by atoms with van der Waals surface area (Å²) in [6.45, 7) is 5.49. The summed E-state index contributed by atoms with van der Waals surface area (Å²) in [6, 6.07) is 18.9. The van der Waals surface area contributed by atoms with Crippen LogP contribution < -0.4 is 4.74 Å². The fourth-order valence-corrected chi connectivity index (χ4v) is 3.93. The first-order valence-corrected chi connectivity index (χ1v) is 12.3. The molecule has 0 radical (unpaired) electrons. The number of benzene rings is 2. The zero-order valence-corrected chi connectivity index (χ0v) is 18.0. The molecule has 0 spiro atoms. The third-order valence-corrected chi connectivity index (χ3v) is 5.46. The van der Waals surface area contributed by atoms with Gasteiger partial charge in [-0.25, -0.2) is 0 Å². The Balaban J connectivity index is 0.00000109. The lowest BCUT2D eigenvalue weighted by Crippen LogP contribution is -2.02. The molecule has 0 N–H and O–H groups in total. The Hall–Kier alpha value is -0.720. The second-order valence-corrected chi connectivity index (χ2v) is 7.51.